The molecule has 0 aliphatic carbocycles. The minimum absolute atomic E-state index is 0.684. The molecule has 4 heteroatoms. The van der Waals surface area contributed by atoms with Gasteiger partial charge < -0.3 is 4.42 Å². The third-order valence-corrected chi connectivity index (χ3v) is 7.83. The first-order valence-electron chi connectivity index (χ1n) is 14.3. The molecule has 0 spiro atoms. The largest absolute Gasteiger partial charge is 0.455 e. The van der Waals surface area contributed by atoms with Gasteiger partial charge in [-0.3, -0.25) is 4.98 Å². The third kappa shape index (κ3) is 4.65. The molecule has 0 atom stereocenters. The summed E-state index contributed by atoms with van der Waals surface area (Å²) in [4.78, 5) is 14.3. The first-order valence-corrected chi connectivity index (χ1v) is 14.3. The highest BCUT2D eigenvalue weighted by Crippen LogP contribution is 2.37. The Bertz CT molecular complexity index is 2220. The predicted molar refractivity (Wildman–Crippen MR) is 174 cm³/mol. The van der Waals surface area contributed by atoms with Gasteiger partial charge in [-0.15, -0.1) is 0 Å². The van der Waals surface area contributed by atoms with Gasteiger partial charge in [0.1, 0.15) is 11.2 Å². The van der Waals surface area contributed by atoms with Crippen LogP contribution in [0.2, 0.25) is 0 Å². The van der Waals surface area contributed by atoms with Gasteiger partial charge in [0.2, 0.25) is 0 Å². The van der Waals surface area contributed by atoms with E-state index in [1.807, 2.05) is 60.9 Å². The van der Waals surface area contributed by atoms with Crippen molar-refractivity contribution in [2.24, 2.45) is 0 Å². The number of fused-ring (bicyclic) bond motifs is 3. The van der Waals surface area contributed by atoms with Crippen molar-refractivity contribution in [1.29, 1.82) is 0 Å². The van der Waals surface area contributed by atoms with Crippen LogP contribution in [0.4, 0.5) is 0 Å². The molecule has 4 nitrogen and oxygen atoms in total. The molecule has 0 bridgehead atoms. The lowest BCUT2D eigenvalue weighted by atomic mass is 9.99. The molecular weight excluding hydrogens is 526 g/mol. The molecule has 0 radical (unpaired) electrons. The molecule has 0 saturated carbocycles. The van der Waals surface area contributed by atoms with Crippen LogP contribution in [-0.2, 0) is 0 Å². The van der Waals surface area contributed by atoms with E-state index in [0.29, 0.717) is 5.82 Å². The summed E-state index contributed by atoms with van der Waals surface area (Å²) in [7, 11) is 0. The molecule has 0 aliphatic rings. The molecule has 3 aromatic heterocycles. The van der Waals surface area contributed by atoms with Crippen molar-refractivity contribution in [3.05, 3.63) is 152 Å². The fourth-order valence-electron chi connectivity index (χ4n) is 5.66. The smallest absolute Gasteiger partial charge is 0.160 e. The van der Waals surface area contributed by atoms with Crippen molar-refractivity contribution in [3.63, 3.8) is 0 Å². The zero-order valence-electron chi connectivity index (χ0n) is 23.2. The van der Waals surface area contributed by atoms with Crippen molar-refractivity contribution >= 4 is 21.9 Å². The van der Waals surface area contributed by atoms with E-state index in [-0.39, 0.29) is 0 Å². The van der Waals surface area contributed by atoms with Crippen LogP contribution in [0.1, 0.15) is 0 Å². The maximum atomic E-state index is 6.30. The van der Waals surface area contributed by atoms with Gasteiger partial charge >= 0.3 is 0 Å². The standard InChI is InChI=1S/C39H25N3O/c1-2-8-28(9-3-1)35-25-36(42-39(41-35)31-11-6-10-30(24-31)26-20-22-40-23-21-26)29-18-16-27(17-19-29)32-13-7-14-34-33-12-4-5-15-37(33)43-38(32)34/h1-25H. The summed E-state index contributed by atoms with van der Waals surface area (Å²) in [6.45, 7) is 0. The van der Waals surface area contributed by atoms with Gasteiger partial charge in [-0.2, -0.15) is 0 Å². The van der Waals surface area contributed by atoms with Crippen LogP contribution in [0, 0.1) is 0 Å². The number of hydrogen-bond donors (Lipinski definition) is 0. The lowest BCUT2D eigenvalue weighted by Gasteiger charge is -2.11. The molecule has 8 aromatic rings. The van der Waals surface area contributed by atoms with E-state index in [2.05, 4.69) is 96.0 Å². The van der Waals surface area contributed by atoms with E-state index in [4.69, 9.17) is 14.4 Å². The molecule has 43 heavy (non-hydrogen) atoms. The summed E-state index contributed by atoms with van der Waals surface area (Å²) >= 11 is 0. The topological polar surface area (TPSA) is 51.8 Å². The van der Waals surface area contributed by atoms with Gasteiger partial charge in [0.15, 0.2) is 5.82 Å². The summed E-state index contributed by atoms with van der Waals surface area (Å²) < 4.78 is 6.30. The van der Waals surface area contributed by atoms with E-state index in [1.165, 1.54) is 0 Å². The SMILES string of the molecule is c1ccc(-c2cc(-c3ccc(-c4cccc5c4oc4ccccc45)cc3)nc(-c3cccc(-c4ccncc4)c3)n2)cc1. The predicted octanol–water partition coefficient (Wildman–Crippen LogP) is 10.1. The Morgan fingerprint density at radius 1 is 0.419 bits per heavy atom. The number of nitrogens with zero attached hydrogens (tertiary/aromatic N) is 3. The maximum absolute atomic E-state index is 6.30. The quantitative estimate of drug-likeness (QED) is 0.214. The van der Waals surface area contributed by atoms with Crippen LogP contribution in [-0.4, -0.2) is 15.0 Å². The van der Waals surface area contributed by atoms with E-state index in [0.717, 1.165) is 72.3 Å². The summed E-state index contributed by atoms with van der Waals surface area (Å²) in [5.41, 5.74) is 10.9. The normalized spacial score (nSPS) is 11.3. The van der Waals surface area contributed by atoms with Crippen molar-refractivity contribution in [1.82, 2.24) is 15.0 Å². The lowest BCUT2D eigenvalue weighted by Crippen LogP contribution is -1.96. The van der Waals surface area contributed by atoms with Crippen LogP contribution < -0.4 is 0 Å². The third-order valence-electron chi connectivity index (χ3n) is 7.83. The molecule has 0 amide bonds. The highest BCUT2D eigenvalue weighted by molar-refractivity contribution is 6.09. The Balaban J connectivity index is 1.22. The molecule has 3 heterocycles. The molecule has 0 unspecified atom stereocenters. The molecule has 5 aromatic carbocycles. The van der Waals surface area contributed by atoms with Crippen molar-refractivity contribution in [2.75, 3.05) is 0 Å². The van der Waals surface area contributed by atoms with Gasteiger partial charge in [0.25, 0.3) is 0 Å². The summed E-state index contributed by atoms with van der Waals surface area (Å²) in [6, 6.07) is 47.8. The van der Waals surface area contributed by atoms with Gasteiger partial charge in [-0.05, 0) is 47.0 Å². The minimum atomic E-state index is 0.684. The number of hydrogen-bond acceptors (Lipinski definition) is 4. The van der Waals surface area contributed by atoms with Crippen LogP contribution in [0.25, 0.3) is 78.1 Å². The number of pyridine rings is 1. The van der Waals surface area contributed by atoms with Crippen LogP contribution >= 0.6 is 0 Å². The molecule has 0 aliphatic heterocycles. The molecule has 202 valence electrons. The average Bonchev–Trinajstić information content (AvgIpc) is 3.48. The molecular formula is C39H25N3O. The Morgan fingerprint density at radius 2 is 1.05 bits per heavy atom. The van der Waals surface area contributed by atoms with Crippen LogP contribution in [0.5, 0.6) is 0 Å². The van der Waals surface area contributed by atoms with E-state index in [9.17, 15) is 0 Å². The Morgan fingerprint density at radius 3 is 1.86 bits per heavy atom. The first-order chi connectivity index (χ1) is 21.3. The average molecular weight is 552 g/mol. The van der Waals surface area contributed by atoms with Gasteiger partial charge in [0, 0.05) is 45.4 Å². The summed E-state index contributed by atoms with van der Waals surface area (Å²) in [6.07, 6.45) is 3.62. The monoisotopic (exact) mass is 551 g/mol. The number of rotatable bonds is 5. The zero-order chi connectivity index (χ0) is 28.6. The maximum Gasteiger partial charge on any atom is 0.160 e. The van der Waals surface area contributed by atoms with E-state index >= 15 is 0 Å². The number of aromatic nitrogens is 3. The summed E-state index contributed by atoms with van der Waals surface area (Å²) in [5.74, 6) is 0.684. The lowest BCUT2D eigenvalue weighted by molar-refractivity contribution is 0.670. The Kier molecular flexibility index (Phi) is 6.08. The summed E-state index contributed by atoms with van der Waals surface area (Å²) in [5, 5.41) is 2.25. The molecule has 8 rings (SSSR count). The van der Waals surface area contributed by atoms with Gasteiger partial charge in [0.05, 0.1) is 11.4 Å². The number of benzene rings is 5. The number of para-hydroxylation sites is 2. The van der Waals surface area contributed by atoms with Crippen molar-refractivity contribution in [2.45, 2.75) is 0 Å². The van der Waals surface area contributed by atoms with Crippen LogP contribution in [0.3, 0.4) is 0 Å². The second kappa shape index (κ2) is 10.5. The Hall–Kier alpha value is -5.87. The second-order valence-corrected chi connectivity index (χ2v) is 10.5. The fraction of sp³-hybridized carbons (Fsp3) is 0. The van der Waals surface area contributed by atoms with E-state index < -0.39 is 0 Å². The zero-order valence-corrected chi connectivity index (χ0v) is 23.2. The first kappa shape index (κ1) is 24.9. The number of furan rings is 1. The highest BCUT2D eigenvalue weighted by atomic mass is 16.3. The van der Waals surface area contributed by atoms with Gasteiger partial charge in [-0.25, -0.2) is 9.97 Å². The Labute approximate surface area is 249 Å². The molecule has 0 saturated heterocycles. The fourth-order valence-corrected chi connectivity index (χ4v) is 5.66. The highest BCUT2D eigenvalue weighted by Gasteiger charge is 2.14. The van der Waals surface area contributed by atoms with Crippen molar-refractivity contribution in [3.8, 4) is 56.2 Å². The minimum Gasteiger partial charge on any atom is -0.455 e. The van der Waals surface area contributed by atoms with Crippen LogP contribution in [0.15, 0.2) is 156 Å². The van der Waals surface area contributed by atoms with Crippen molar-refractivity contribution < 1.29 is 4.42 Å². The molecule has 0 fully saturated rings. The molecule has 0 N–H and O–H groups in total. The van der Waals surface area contributed by atoms with Gasteiger partial charge in [-0.1, -0.05) is 109 Å². The second-order valence-electron chi connectivity index (χ2n) is 10.5. The van der Waals surface area contributed by atoms with E-state index in [1.54, 1.807) is 0 Å².